The van der Waals surface area contributed by atoms with Crippen molar-refractivity contribution in [3.63, 3.8) is 0 Å². The second-order valence-corrected chi connectivity index (χ2v) is 2.47. The number of nitrogens with zero attached hydrogens (tertiary/aromatic N) is 2. The van der Waals surface area contributed by atoms with Gasteiger partial charge >= 0.3 is 5.97 Å². The average molecular weight is 191 g/mol. The van der Waals surface area contributed by atoms with Gasteiger partial charge in [-0.05, 0) is 12.5 Å². The normalized spacial score (nSPS) is 9.17. The molecule has 12 heavy (non-hydrogen) atoms. The zero-order valence-electron chi connectivity index (χ0n) is 6.94. The first kappa shape index (κ1) is 11.0. The van der Waals surface area contributed by atoms with E-state index < -0.39 is 5.97 Å². The zero-order chi connectivity index (χ0) is 8.43. The van der Waals surface area contributed by atoms with Crippen molar-refractivity contribution in [2.75, 3.05) is 0 Å². The van der Waals surface area contributed by atoms with Crippen LogP contribution in [-0.2, 0) is 18.3 Å². The first-order valence-corrected chi connectivity index (χ1v) is 3.30. The van der Waals surface area contributed by atoms with E-state index in [4.69, 9.17) is 5.11 Å². The molecule has 0 aromatic carbocycles. The highest BCUT2D eigenvalue weighted by Crippen LogP contribution is 2.05. The molecule has 1 heterocycles. The maximum atomic E-state index is 10.3. The minimum absolute atomic E-state index is 0. The van der Waals surface area contributed by atoms with Crippen LogP contribution in [0.2, 0.25) is 0 Å². The molecule has 0 saturated heterocycles. The first-order chi connectivity index (χ1) is 5.11. The van der Waals surface area contributed by atoms with Crippen molar-refractivity contribution in [3.8, 4) is 0 Å². The van der Waals surface area contributed by atoms with Crippen LogP contribution in [0.5, 0.6) is 0 Å². The Morgan fingerprint density at radius 3 is 2.67 bits per heavy atom. The molecule has 0 aliphatic carbocycles. The molecule has 0 bridgehead atoms. The van der Waals surface area contributed by atoms with Crippen LogP contribution in [-0.4, -0.2) is 20.9 Å². The van der Waals surface area contributed by atoms with Crippen molar-refractivity contribution >= 4 is 18.4 Å². The number of hydrogen-bond acceptors (Lipinski definition) is 2. The summed E-state index contributed by atoms with van der Waals surface area (Å²) in [6, 6.07) is 0. The van der Waals surface area contributed by atoms with Gasteiger partial charge in [0, 0.05) is 7.05 Å². The summed E-state index contributed by atoms with van der Waals surface area (Å²) in [5.41, 5.74) is 1.69. The Bertz CT molecular complexity index is 263. The Kier molecular flexibility index (Phi) is 3.76. The Balaban J connectivity index is 0.00000121. The minimum atomic E-state index is -0.822. The third-order valence-corrected chi connectivity index (χ3v) is 1.59. The number of rotatable bonds is 2. The van der Waals surface area contributed by atoms with E-state index in [9.17, 15) is 4.79 Å². The van der Waals surface area contributed by atoms with Gasteiger partial charge in [0.15, 0.2) is 0 Å². The SMILES string of the molecule is Cc1cnn(C)c1CC(=O)O.Cl. The Morgan fingerprint density at radius 2 is 2.33 bits per heavy atom. The quantitative estimate of drug-likeness (QED) is 0.750. The van der Waals surface area contributed by atoms with Crippen molar-refractivity contribution in [1.29, 1.82) is 0 Å². The van der Waals surface area contributed by atoms with Crippen LogP contribution < -0.4 is 0 Å². The fourth-order valence-corrected chi connectivity index (χ4v) is 0.970. The van der Waals surface area contributed by atoms with Gasteiger partial charge in [0.25, 0.3) is 0 Å². The van der Waals surface area contributed by atoms with Crippen molar-refractivity contribution in [2.24, 2.45) is 7.05 Å². The maximum absolute atomic E-state index is 10.3. The number of hydrogen-bond donors (Lipinski definition) is 1. The van der Waals surface area contributed by atoms with Crippen LogP contribution in [0.4, 0.5) is 0 Å². The lowest BCUT2D eigenvalue weighted by Gasteiger charge is -1.98. The lowest BCUT2D eigenvalue weighted by molar-refractivity contribution is -0.136. The third-order valence-electron chi connectivity index (χ3n) is 1.59. The summed E-state index contributed by atoms with van der Waals surface area (Å²) in [7, 11) is 1.74. The largest absolute Gasteiger partial charge is 0.481 e. The van der Waals surface area contributed by atoms with Crippen molar-refractivity contribution in [2.45, 2.75) is 13.3 Å². The molecule has 0 atom stereocenters. The molecule has 1 rings (SSSR count). The van der Waals surface area contributed by atoms with Gasteiger partial charge in [0.05, 0.1) is 18.3 Å². The van der Waals surface area contributed by atoms with E-state index in [1.807, 2.05) is 6.92 Å². The van der Waals surface area contributed by atoms with E-state index in [-0.39, 0.29) is 18.8 Å². The van der Waals surface area contributed by atoms with Gasteiger partial charge < -0.3 is 5.11 Å². The summed E-state index contributed by atoms with van der Waals surface area (Å²) >= 11 is 0. The minimum Gasteiger partial charge on any atom is -0.481 e. The summed E-state index contributed by atoms with van der Waals surface area (Å²) in [6.07, 6.45) is 1.71. The van der Waals surface area contributed by atoms with Gasteiger partial charge in [0.2, 0.25) is 0 Å². The van der Waals surface area contributed by atoms with Gasteiger partial charge in [-0.2, -0.15) is 5.10 Å². The fourth-order valence-electron chi connectivity index (χ4n) is 0.970. The summed E-state index contributed by atoms with van der Waals surface area (Å²) < 4.78 is 1.59. The van der Waals surface area contributed by atoms with Crippen molar-refractivity contribution in [3.05, 3.63) is 17.5 Å². The molecule has 1 aromatic rings. The van der Waals surface area contributed by atoms with Crippen LogP contribution in [0.3, 0.4) is 0 Å². The number of carboxylic acid groups (broad SMARTS) is 1. The molecule has 0 saturated carbocycles. The second-order valence-electron chi connectivity index (χ2n) is 2.47. The van der Waals surface area contributed by atoms with Gasteiger partial charge in [0.1, 0.15) is 0 Å². The predicted octanol–water partition coefficient (Wildman–Crippen LogP) is 0.777. The molecule has 0 aliphatic heterocycles. The molecule has 68 valence electrons. The van der Waals surface area contributed by atoms with Crippen LogP contribution in [0.1, 0.15) is 11.3 Å². The molecule has 1 N–H and O–H groups in total. The predicted molar refractivity (Wildman–Crippen MR) is 46.5 cm³/mol. The van der Waals surface area contributed by atoms with Crippen LogP contribution in [0.25, 0.3) is 0 Å². The molecule has 1 aromatic heterocycles. The van der Waals surface area contributed by atoms with Gasteiger partial charge in [-0.3, -0.25) is 9.48 Å². The number of carbonyl (C=O) groups is 1. The van der Waals surface area contributed by atoms with E-state index in [1.165, 1.54) is 0 Å². The van der Waals surface area contributed by atoms with Gasteiger partial charge in [-0.1, -0.05) is 0 Å². The molecule has 0 radical (unpaired) electrons. The summed E-state index contributed by atoms with van der Waals surface area (Å²) in [5, 5.41) is 12.4. The monoisotopic (exact) mass is 190 g/mol. The fraction of sp³-hybridized carbons (Fsp3) is 0.429. The van der Waals surface area contributed by atoms with Crippen LogP contribution in [0.15, 0.2) is 6.20 Å². The molecular formula is C7H11ClN2O2. The molecule has 0 aliphatic rings. The molecule has 0 unspecified atom stereocenters. The number of aromatic nitrogens is 2. The highest BCUT2D eigenvalue weighted by Gasteiger charge is 2.07. The Hall–Kier alpha value is -1.03. The number of aliphatic carboxylic acids is 1. The molecule has 4 nitrogen and oxygen atoms in total. The smallest absolute Gasteiger partial charge is 0.309 e. The molecule has 5 heteroatoms. The Labute approximate surface area is 76.6 Å². The van der Waals surface area contributed by atoms with E-state index in [1.54, 1.807) is 17.9 Å². The van der Waals surface area contributed by atoms with Crippen molar-refractivity contribution < 1.29 is 9.90 Å². The molecule has 0 amide bonds. The average Bonchev–Trinajstić information content (AvgIpc) is 2.18. The third kappa shape index (κ3) is 2.23. The van der Waals surface area contributed by atoms with Gasteiger partial charge in [-0.25, -0.2) is 0 Å². The lowest BCUT2D eigenvalue weighted by Crippen LogP contribution is -2.06. The lowest BCUT2D eigenvalue weighted by atomic mass is 10.2. The highest BCUT2D eigenvalue weighted by atomic mass is 35.5. The van der Waals surface area contributed by atoms with E-state index >= 15 is 0 Å². The first-order valence-electron chi connectivity index (χ1n) is 3.30. The van der Waals surface area contributed by atoms with Crippen LogP contribution in [0, 0.1) is 6.92 Å². The van der Waals surface area contributed by atoms with Gasteiger partial charge in [-0.15, -0.1) is 12.4 Å². The summed E-state index contributed by atoms with van der Waals surface area (Å²) in [6.45, 7) is 1.85. The van der Waals surface area contributed by atoms with E-state index in [2.05, 4.69) is 5.10 Å². The standard InChI is InChI=1S/C7H10N2O2.ClH/c1-5-4-8-9(2)6(5)3-7(10)11;/h4H,3H2,1-2H3,(H,10,11);1H. The topological polar surface area (TPSA) is 55.1 Å². The van der Waals surface area contributed by atoms with Crippen molar-refractivity contribution in [1.82, 2.24) is 9.78 Å². The summed E-state index contributed by atoms with van der Waals surface area (Å²) in [4.78, 5) is 10.3. The van der Waals surface area contributed by atoms with Crippen LogP contribution >= 0.6 is 12.4 Å². The number of carboxylic acids is 1. The maximum Gasteiger partial charge on any atom is 0.309 e. The second kappa shape index (κ2) is 4.11. The molecule has 0 fully saturated rings. The zero-order valence-corrected chi connectivity index (χ0v) is 7.76. The summed E-state index contributed by atoms with van der Waals surface area (Å²) in [5.74, 6) is -0.822. The Morgan fingerprint density at radius 1 is 1.75 bits per heavy atom. The molecular weight excluding hydrogens is 180 g/mol. The number of aryl methyl sites for hydroxylation is 2. The van der Waals surface area contributed by atoms with E-state index in [0.717, 1.165) is 11.3 Å². The highest BCUT2D eigenvalue weighted by molar-refractivity contribution is 5.85. The molecule has 0 spiro atoms. The van der Waals surface area contributed by atoms with E-state index in [0.29, 0.717) is 0 Å². The number of halogens is 1.